The van der Waals surface area contributed by atoms with Crippen LogP contribution in [-0.2, 0) is 4.79 Å². The van der Waals surface area contributed by atoms with Crippen LogP contribution >= 0.6 is 15.9 Å². The molecule has 1 amide bonds. The molecule has 0 fully saturated rings. The first-order valence-corrected chi connectivity index (χ1v) is 8.88. The summed E-state index contributed by atoms with van der Waals surface area (Å²) < 4.78 is 6.26. The Labute approximate surface area is 161 Å². The van der Waals surface area contributed by atoms with Gasteiger partial charge in [0.25, 0.3) is 5.91 Å². The highest BCUT2D eigenvalue weighted by Crippen LogP contribution is 2.25. The Balaban J connectivity index is 2.15. The molecule has 0 aliphatic heterocycles. The number of ether oxygens (including phenoxy) is 1. The molecule has 0 aliphatic carbocycles. The normalized spacial score (nSPS) is 11.4. The van der Waals surface area contributed by atoms with E-state index in [0.717, 1.165) is 10.0 Å². The largest absolute Gasteiger partial charge is 0.425 e. The lowest BCUT2D eigenvalue weighted by atomic mass is 9.97. The Kier molecular flexibility index (Phi) is 6.32. The van der Waals surface area contributed by atoms with Gasteiger partial charge < -0.3 is 4.74 Å². The van der Waals surface area contributed by atoms with Crippen LogP contribution in [0.5, 0.6) is 5.75 Å². The maximum Gasteiger partial charge on any atom is 0.316 e. The summed E-state index contributed by atoms with van der Waals surface area (Å²) in [4.78, 5) is 24.3. The summed E-state index contributed by atoms with van der Waals surface area (Å²) in [5, 5.41) is 3.98. The zero-order valence-corrected chi connectivity index (χ0v) is 16.8. The predicted molar refractivity (Wildman–Crippen MR) is 105 cm³/mol. The highest BCUT2D eigenvalue weighted by atomic mass is 79.9. The molecular weight excluding hydrogens is 396 g/mol. The van der Waals surface area contributed by atoms with Gasteiger partial charge in [-0.2, -0.15) is 5.10 Å². The Bertz CT molecular complexity index is 854. The maximum absolute atomic E-state index is 12.1. The summed E-state index contributed by atoms with van der Waals surface area (Å²) in [6, 6.07) is 12.4. The summed E-state index contributed by atoms with van der Waals surface area (Å²) in [6.07, 6.45) is 1.45. The number of benzene rings is 2. The summed E-state index contributed by atoms with van der Waals surface area (Å²) in [6.45, 7) is 7.26. The fraction of sp³-hybridized carbons (Fsp3) is 0.250. The summed E-state index contributed by atoms with van der Waals surface area (Å²) in [7, 11) is 0. The number of amides is 1. The van der Waals surface area contributed by atoms with Crippen molar-refractivity contribution in [1.82, 2.24) is 5.43 Å². The van der Waals surface area contributed by atoms with E-state index in [0.29, 0.717) is 16.9 Å². The van der Waals surface area contributed by atoms with Crippen LogP contribution in [0.4, 0.5) is 0 Å². The molecule has 5 nitrogen and oxygen atoms in total. The second-order valence-corrected chi connectivity index (χ2v) is 7.81. The fourth-order valence-corrected chi connectivity index (χ4v) is 2.36. The molecule has 136 valence electrons. The van der Waals surface area contributed by atoms with E-state index >= 15 is 0 Å². The molecule has 0 spiro atoms. The summed E-state index contributed by atoms with van der Waals surface area (Å²) in [5.41, 5.74) is 3.94. The molecule has 0 aromatic heterocycles. The van der Waals surface area contributed by atoms with E-state index in [9.17, 15) is 9.59 Å². The number of nitrogens with one attached hydrogen (secondary N) is 1. The molecule has 0 bridgehead atoms. The second-order valence-electron chi connectivity index (χ2n) is 6.89. The SMILES string of the molecule is Cc1cccc(C(=O)N/N=C/c2cc(Br)ccc2OC(=O)C(C)(C)C)c1. The van der Waals surface area contributed by atoms with Gasteiger partial charge in [0.2, 0.25) is 0 Å². The third kappa shape index (κ3) is 5.52. The minimum Gasteiger partial charge on any atom is -0.425 e. The van der Waals surface area contributed by atoms with Crippen molar-refractivity contribution in [2.24, 2.45) is 10.5 Å². The zero-order chi connectivity index (χ0) is 19.3. The van der Waals surface area contributed by atoms with E-state index in [1.807, 2.05) is 19.1 Å². The number of hydrogen-bond donors (Lipinski definition) is 1. The van der Waals surface area contributed by atoms with Crippen molar-refractivity contribution in [3.8, 4) is 5.75 Å². The van der Waals surface area contributed by atoms with Gasteiger partial charge in [-0.3, -0.25) is 9.59 Å². The van der Waals surface area contributed by atoms with Crippen molar-refractivity contribution in [1.29, 1.82) is 0 Å². The second kappa shape index (κ2) is 8.27. The minimum atomic E-state index is -0.624. The van der Waals surface area contributed by atoms with Gasteiger partial charge in [0.1, 0.15) is 5.75 Å². The monoisotopic (exact) mass is 416 g/mol. The predicted octanol–water partition coefficient (Wildman–Crippen LogP) is 4.47. The van der Waals surface area contributed by atoms with Crippen LogP contribution in [0.1, 0.15) is 42.3 Å². The highest BCUT2D eigenvalue weighted by molar-refractivity contribution is 9.10. The Hall–Kier alpha value is -2.47. The van der Waals surface area contributed by atoms with Gasteiger partial charge in [-0.1, -0.05) is 33.6 Å². The molecule has 0 saturated heterocycles. The van der Waals surface area contributed by atoms with Crippen molar-refractivity contribution in [3.05, 3.63) is 63.6 Å². The number of esters is 1. The first-order chi connectivity index (χ1) is 12.2. The molecule has 0 heterocycles. The number of nitrogens with zero attached hydrogens (tertiary/aromatic N) is 1. The Morgan fingerprint density at radius 2 is 1.88 bits per heavy atom. The molecule has 0 unspecified atom stereocenters. The van der Waals surface area contributed by atoms with E-state index in [2.05, 4.69) is 26.5 Å². The fourth-order valence-electron chi connectivity index (χ4n) is 1.98. The van der Waals surface area contributed by atoms with Gasteiger partial charge in [0.15, 0.2) is 0 Å². The van der Waals surface area contributed by atoms with E-state index in [-0.39, 0.29) is 11.9 Å². The molecule has 0 aliphatic rings. The molecule has 26 heavy (non-hydrogen) atoms. The average Bonchev–Trinajstić information content (AvgIpc) is 2.56. The number of hydrazone groups is 1. The lowest BCUT2D eigenvalue weighted by Gasteiger charge is -2.17. The number of hydrogen-bond acceptors (Lipinski definition) is 4. The molecule has 0 atom stereocenters. The van der Waals surface area contributed by atoms with Crippen LogP contribution in [0.2, 0.25) is 0 Å². The van der Waals surface area contributed by atoms with E-state index < -0.39 is 5.41 Å². The van der Waals surface area contributed by atoms with Gasteiger partial charge in [-0.15, -0.1) is 0 Å². The first-order valence-electron chi connectivity index (χ1n) is 8.09. The average molecular weight is 417 g/mol. The van der Waals surface area contributed by atoms with Gasteiger partial charge in [-0.05, 0) is 58.0 Å². The maximum atomic E-state index is 12.1. The summed E-state index contributed by atoms with van der Waals surface area (Å²) >= 11 is 3.38. The smallest absolute Gasteiger partial charge is 0.316 e. The highest BCUT2D eigenvalue weighted by Gasteiger charge is 2.24. The molecule has 0 radical (unpaired) electrons. The topological polar surface area (TPSA) is 67.8 Å². The molecule has 2 rings (SSSR count). The van der Waals surface area contributed by atoms with Crippen molar-refractivity contribution < 1.29 is 14.3 Å². The molecule has 6 heteroatoms. The van der Waals surface area contributed by atoms with Crippen LogP contribution in [0, 0.1) is 12.3 Å². The summed E-state index contributed by atoms with van der Waals surface area (Å²) in [5.74, 6) is -0.284. The van der Waals surface area contributed by atoms with Crippen molar-refractivity contribution in [2.45, 2.75) is 27.7 Å². The molecule has 1 N–H and O–H groups in total. The van der Waals surface area contributed by atoms with Crippen molar-refractivity contribution in [3.63, 3.8) is 0 Å². The standard InChI is InChI=1S/C20H21BrN2O3/c1-13-6-5-7-14(10-13)18(24)23-22-12-15-11-16(21)8-9-17(15)26-19(25)20(2,3)4/h5-12H,1-4H3,(H,23,24)/b22-12+. The van der Waals surface area contributed by atoms with E-state index in [1.165, 1.54) is 6.21 Å². The van der Waals surface area contributed by atoms with Gasteiger partial charge in [-0.25, -0.2) is 5.43 Å². The molecule has 2 aromatic carbocycles. The molecule has 2 aromatic rings. The molecule has 0 saturated carbocycles. The van der Waals surface area contributed by atoms with Gasteiger partial charge in [0.05, 0.1) is 11.6 Å². The quantitative estimate of drug-likeness (QED) is 0.345. The zero-order valence-electron chi connectivity index (χ0n) is 15.2. The van der Waals surface area contributed by atoms with Crippen LogP contribution < -0.4 is 10.2 Å². The van der Waals surface area contributed by atoms with Crippen molar-refractivity contribution >= 4 is 34.0 Å². The number of carbonyl (C=O) groups excluding carboxylic acids is 2. The lowest BCUT2D eigenvalue weighted by Crippen LogP contribution is -2.26. The Morgan fingerprint density at radius 3 is 2.54 bits per heavy atom. The van der Waals surface area contributed by atoms with Crippen LogP contribution in [-0.4, -0.2) is 18.1 Å². The first kappa shape index (κ1) is 19.8. The minimum absolute atomic E-state index is 0.312. The Morgan fingerprint density at radius 1 is 1.15 bits per heavy atom. The van der Waals surface area contributed by atoms with Crippen LogP contribution in [0.25, 0.3) is 0 Å². The van der Waals surface area contributed by atoms with Gasteiger partial charge >= 0.3 is 5.97 Å². The van der Waals surface area contributed by atoms with Crippen molar-refractivity contribution in [2.75, 3.05) is 0 Å². The van der Waals surface area contributed by atoms with E-state index in [1.54, 1.807) is 51.1 Å². The van der Waals surface area contributed by atoms with Crippen LogP contribution in [0.3, 0.4) is 0 Å². The number of rotatable bonds is 4. The third-order valence-corrected chi connectivity index (χ3v) is 3.93. The van der Waals surface area contributed by atoms with E-state index in [4.69, 9.17) is 4.74 Å². The molecular formula is C20H21BrN2O3. The number of halogens is 1. The number of carbonyl (C=O) groups is 2. The lowest BCUT2D eigenvalue weighted by molar-refractivity contribution is -0.143. The van der Waals surface area contributed by atoms with Gasteiger partial charge in [0, 0.05) is 15.6 Å². The van der Waals surface area contributed by atoms with Crippen LogP contribution in [0.15, 0.2) is 52.0 Å². The third-order valence-electron chi connectivity index (χ3n) is 3.44. The number of aryl methyl sites for hydroxylation is 1.